The summed E-state index contributed by atoms with van der Waals surface area (Å²) in [5.74, 6) is 2.31. The Labute approximate surface area is 171 Å². The standard InChI is InChI=1S/C24H25NO4/c26-21(17-27-22-9-5-2-6-10-22)16-25(14-19-7-3-1-4-8-19)15-20-11-12-23-24(13-20)29-18-28-23/h1-13,21,26H,14-18H2/t21-/m0/s1. The van der Waals surface area contributed by atoms with Crippen LogP contribution in [-0.4, -0.2) is 36.1 Å². The van der Waals surface area contributed by atoms with Crippen LogP contribution in [0.25, 0.3) is 0 Å². The Kier molecular flexibility index (Phi) is 6.29. The molecular formula is C24H25NO4. The molecule has 0 fully saturated rings. The van der Waals surface area contributed by atoms with Crippen molar-refractivity contribution in [2.45, 2.75) is 19.2 Å². The maximum atomic E-state index is 10.6. The van der Waals surface area contributed by atoms with Crippen LogP contribution in [0.5, 0.6) is 17.2 Å². The highest BCUT2D eigenvalue weighted by Crippen LogP contribution is 2.33. The molecule has 1 N–H and O–H groups in total. The minimum Gasteiger partial charge on any atom is -0.491 e. The normalized spacial score (nSPS) is 13.4. The number of aliphatic hydroxyl groups is 1. The highest BCUT2D eigenvalue weighted by molar-refractivity contribution is 5.44. The van der Waals surface area contributed by atoms with Gasteiger partial charge in [-0.1, -0.05) is 54.6 Å². The first-order valence-electron chi connectivity index (χ1n) is 9.77. The van der Waals surface area contributed by atoms with E-state index in [4.69, 9.17) is 14.2 Å². The second-order valence-electron chi connectivity index (χ2n) is 7.12. The molecule has 0 saturated heterocycles. The SMILES string of the molecule is O[C@H](COc1ccccc1)CN(Cc1ccccc1)Cc1ccc2c(c1)OCO2. The monoisotopic (exact) mass is 391 g/mol. The molecule has 0 aliphatic carbocycles. The summed E-state index contributed by atoms with van der Waals surface area (Å²) in [6.07, 6.45) is -0.604. The van der Waals surface area contributed by atoms with E-state index in [-0.39, 0.29) is 13.4 Å². The molecule has 0 saturated carbocycles. The van der Waals surface area contributed by atoms with Gasteiger partial charge in [-0.15, -0.1) is 0 Å². The average molecular weight is 391 g/mol. The lowest BCUT2D eigenvalue weighted by Crippen LogP contribution is -2.35. The molecule has 0 aromatic heterocycles. The van der Waals surface area contributed by atoms with Gasteiger partial charge in [0.1, 0.15) is 18.5 Å². The fraction of sp³-hybridized carbons (Fsp3) is 0.250. The number of hydrogen-bond acceptors (Lipinski definition) is 5. The minimum atomic E-state index is -0.604. The Bertz CT molecular complexity index is 901. The fourth-order valence-corrected chi connectivity index (χ4v) is 3.38. The van der Waals surface area contributed by atoms with E-state index in [2.05, 4.69) is 17.0 Å². The molecule has 0 amide bonds. The molecule has 5 heteroatoms. The van der Waals surface area contributed by atoms with E-state index in [0.29, 0.717) is 13.1 Å². The van der Waals surface area contributed by atoms with E-state index in [1.165, 1.54) is 5.56 Å². The van der Waals surface area contributed by atoms with Crippen LogP contribution in [0.15, 0.2) is 78.9 Å². The van der Waals surface area contributed by atoms with Gasteiger partial charge in [0, 0.05) is 19.6 Å². The molecule has 3 aromatic rings. The molecule has 150 valence electrons. The summed E-state index contributed by atoms with van der Waals surface area (Å²) in [5.41, 5.74) is 2.31. The molecule has 1 atom stereocenters. The van der Waals surface area contributed by atoms with E-state index < -0.39 is 6.10 Å². The Balaban J connectivity index is 1.41. The van der Waals surface area contributed by atoms with Gasteiger partial charge >= 0.3 is 0 Å². The first-order chi connectivity index (χ1) is 14.3. The van der Waals surface area contributed by atoms with Crippen LogP contribution < -0.4 is 14.2 Å². The van der Waals surface area contributed by atoms with Crippen LogP contribution in [0, 0.1) is 0 Å². The predicted molar refractivity (Wildman–Crippen MR) is 111 cm³/mol. The second-order valence-corrected chi connectivity index (χ2v) is 7.12. The van der Waals surface area contributed by atoms with Crippen LogP contribution in [0.1, 0.15) is 11.1 Å². The van der Waals surface area contributed by atoms with Gasteiger partial charge in [-0.05, 0) is 35.4 Å². The molecule has 4 rings (SSSR count). The molecular weight excluding hydrogens is 366 g/mol. The third-order valence-corrected chi connectivity index (χ3v) is 4.75. The first kappa shape index (κ1) is 19.3. The van der Waals surface area contributed by atoms with Crippen molar-refractivity contribution in [3.05, 3.63) is 90.0 Å². The van der Waals surface area contributed by atoms with E-state index in [0.717, 1.165) is 29.4 Å². The summed E-state index contributed by atoms with van der Waals surface area (Å²) in [4.78, 5) is 2.21. The van der Waals surface area contributed by atoms with E-state index in [1.807, 2.05) is 66.7 Å². The van der Waals surface area contributed by atoms with Crippen LogP contribution >= 0.6 is 0 Å². The Morgan fingerprint density at radius 1 is 0.828 bits per heavy atom. The number of para-hydroxylation sites is 1. The lowest BCUT2D eigenvalue weighted by atomic mass is 10.1. The zero-order chi connectivity index (χ0) is 19.9. The number of fused-ring (bicyclic) bond motifs is 1. The molecule has 1 heterocycles. The fourth-order valence-electron chi connectivity index (χ4n) is 3.38. The number of nitrogens with zero attached hydrogens (tertiary/aromatic N) is 1. The molecule has 3 aromatic carbocycles. The first-order valence-corrected chi connectivity index (χ1v) is 9.77. The number of aliphatic hydroxyl groups excluding tert-OH is 1. The van der Waals surface area contributed by atoms with Crippen molar-refractivity contribution >= 4 is 0 Å². The lowest BCUT2D eigenvalue weighted by molar-refractivity contribution is 0.0628. The molecule has 0 radical (unpaired) electrons. The largest absolute Gasteiger partial charge is 0.491 e. The summed E-state index contributed by atoms with van der Waals surface area (Å²) in [5, 5.41) is 10.6. The topological polar surface area (TPSA) is 51.2 Å². The van der Waals surface area contributed by atoms with Crippen LogP contribution in [0.3, 0.4) is 0 Å². The van der Waals surface area contributed by atoms with Crippen LogP contribution in [0.2, 0.25) is 0 Å². The van der Waals surface area contributed by atoms with Crippen molar-refractivity contribution in [2.24, 2.45) is 0 Å². The zero-order valence-corrected chi connectivity index (χ0v) is 16.2. The molecule has 0 bridgehead atoms. The van der Waals surface area contributed by atoms with Crippen molar-refractivity contribution in [3.8, 4) is 17.2 Å². The molecule has 5 nitrogen and oxygen atoms in total. The minimum absolute atomic E-state index is 0.246. The zero-order valence-electron chi connectivity index (χ0n) is 16.2. The Hall–Kier alpha value is -3.02. The van der Waals surface area contributed by atoms with Gasteiger partial charge in [0.2, 0.25) is 6.79 Å². The van der Waals surface area contributed by atoms with Crippen molar-refractivity contribution < 1.29 is 19.3 Å². The van der Waals surface area contributed by atoms with Crippen molar-refractivity contribution in [1.29, 1.82) is 0 Å². The van der Waals surface area contributed by atoms with Gasteiger partial charge in [-0.3, -0.25) is 4.90 Å². The quantitative estimate of drug-likeness (QED) is 0.600. The van der Waals surface area contributed by atoms with Crippen LogP contribution in [0.4, 0.5) is 0 Å². The summed E-state index contributed by atoms with van der Waals surface area (Å²) < 4.78 is 16.6. The van der Waals surface area contributed by atoms with Gasteiger partial charge < -0.3 is 19.3 Å². The van der Waals surface area contributed by atoms with Crippen molar-refractivity contribution in [3.63, 3.8) is 0 Å². The summed E-state index contributed by atoms with van der Waals surface area (Å²) in [7, 11) is 0. The number of ether oxygens (including phenoxy) is 3. The second kappa shape index (κ2) is 9.45. The van der Waals surface area contributed by atoms with Gasteiger partial charge in [0.25, 0.3) is 0 Å². The Morgan fingerprint density at radius 2 is 1.52 bits per heavy atom. The summed E-state index contributed by atoms with van der Waals surface area (Å²) >= 11 is 0. The van der Waals surface area contributed by atoms with E-state index in [1.54, 1.807) is 0 Å². The average Bonchev–Trinajstić information content (AvgIpc) is 3.22. The smallest absolute Gasteiger partial charge is 0.231 e. The molecule has 1 aliphatic rings. The van der Waals surface area contributed by atoms with Gasteiger partial charge in [0.05, 0.1) is 0 Å². The number of rotatable bonds is 9. The maximum absolute atomic E-state index is 10.6. The lowest BCUT2D eigenvalue weighted by Gasteiger charge is -2.25. The third-order valence-electron chi connectivity index (χ3n) is 4.75. The molecule has 0 spiro atoms. The van der Waals surface area contributed by atoms with Gasteiger partial charge in [-0.25, -0.2) is 0 Å². The Morgan fingerprint density at radius 3 is 2.31 bits per heavy atom. The van der Waals surface area contributed by atoms with Gasteiger partial charge in [0.15, 0.2) is 11.5 Å². The van der Waals surface area contributed by atoms with Crippen molar-refractivity contribution in [2.75, 3.05) is 19.9 Å². The van der Waals surface area contributed by atoms with Crippen molar-refractivity contribution in [1.82, 2.24) is 4.90 Å². The van der Waals surface area contributed by atoms with E-state index in [9.17, 15) is 5.11 Å². The highest BCUT2D eigenvalue weighted by Gasteiger charge is 2.17. The molecule has 0 unspecified atom stereocenters. The maximum Gasteiger partial charge on any atom is 0.231 e. The summed E-state index contributed by atoms with van der Waals surface area (Å²) in [6, 6.07) is 25.8. The number of benzene rings is 3. The molecule has 29 heavy (non-hydrogen) atoms. The van der Waals surface area contributed by atoms with Crippen LogP contribution in [-0.2, 0) is 13.1 Å². The predicted octanol–water partition coefficient (Wildman–Crippen LogP) is 3.86. The molecule has 1 aliphatic heterocycles. The van der Waals surface area contributed by atoms with Gasteiger partial charge in [-0.2, -0.15) is 0 Å². The van der Waals surface area contributed by atoms with E-state index >= 15 is 0 Å². The highest BCUT2D eigenvalue weighted by atomic mass is 16.7. The number of hydrogen-bond donors (Lipinski definition) is 1. The summed E-state index contributed by atoms with van der Waals surface area (Å²) in [6.45, 7) is 2.43. The third kappa shape index (κ3) is 5.50.